The molecule has 0 fully saturated rings. The van der Waals surface area contributed by atoms with E-state index < -0.39 is 18.6 Å². The number of aliphatic hydroxyl groups is 1. The van der Waals surface area contributed by atoms with Crippen LogP contribution in [-0.2, 0) is 24.6 Å². The summed E-state index contributed by atoms with van der Waals surface area (Å²) >= 11 is 0. The van der Waals surface area contributed by atoms with Crippen LogP contribution in [0.15, 0.2) is 84.9 Å². The molecule has 41 heavy (non-hydrogen) atoms. The molecule has 210 valence electrons. The summed E-state index contributed by atoms with van der Waals surface area (Å²) in [6.07, 6.45) is 0. The zero-order chi connectivity index (χ0) is 29.2. The van der Waals surface area contributed by atoms with Crippen LogP contribution in [0, 0.1) is 18.3 Å². The Balaban J connectivity index is 1.61. The van der Waals surface area contributed by atoms with Crippen molar-refractivity contribution in [2.24, 2.45) is 0 Å². The largest absolute Gasteiger partial charge is 0.496 e. The second-order valence-corrected chi connectivity index (χ2v) is 9.40. The summed E-state index contributed by atoms with van der Waals surface area (Å²) in [7, 11) is 1.51. The molecule has 1 atom stereocenters. The lowest BCUT2D eigenvalue weighted by molar-refractivity contribution is -0.140. The molecule has 0 bridgehead atoms. The van der Waals surface area contributed by atoms with Crippen molar-refractivity contribution in [1.29, 1.82) is 5.26 Å². The van der Waals surface area contributed by atoms with E-state index in [0.29, 0.717) is 35.0 Å². The third kappa shape index (κ3) is 7.42. The molecule has 0 aliphatic rings. The molecule has 1 unspecified atom stereocenters. The molecule has 0 aliphatic heterocycles. The van der Waals surface area contributed by atoms with Gasteiger partial charge >= 0.3 is 5.97 Å². The molecule has 0 heterocycles. The maximum atomic E-state index is 11.4. The molecule has 0 aliphatic carbocycles. The Morgan fingerprint density at radius 1 is 0.951 bits per heavy atom. The number of nitriles is 1. The highest BCUT2D eigenvalue weighted by molar-refractivity contribution is 5.73. The van der Waals surface area contributed by atoms with Crippen LogP contribution in [-0.4, -0.2) is 35.9 Å². The number of hydrogen-bond donors (Lipinski definition) is 3. The Bertz CT molecular complexity index is 1530. The van der Waals surface area contributed by atoms with Gasteiger partial charge in [-0.15, -0.1) is 0 Å². The molecule has 0 radical (unpaired) electrons. The molecule has 4 aromatic carbocycles. The third-order valence-corrected chi connectivity index (χ3v) is 6.74. The van der Waals surface area contributed by atoms with E-state index in [9.17, 15) is 20.3 Å². The molecule has 8 heteroatoms. The van der Waals surface area contributed by atoms with Gasteiger partial charge in [0.2, 0.25) is 0 Å². The predicted molar refractivity (Wildman–Crippen MR) is 155 cm³/mol. The van der Waals surface area contributed by atoms with Crippen LogP contribution in [0.3, 0.4) is 0 Å². The molecule has 8 nitrogen and oxygen atoms in total. The van der Waals surface area contributed by atoms with Crippen LogP contribution >= 0.6 is 0 Å². The number of carboxylic acids is 1. The maximum Gasteiger partial charge on any atom is 0.323 e. The van der Waals surface area contributed by atoms with Gasteiger partial charge in [-0.3, -0.25) is 10.1 Å². The third-order valence-electron chi connectivity index (χ3n) is 6.74. The van der Waals surface area contributed by atoms with Crippen molar-refractivity contribution in [3.05, 3.63) is 113 Å². The van der Waals surface area contributed by atoms with E-state index in [4.69, 9.17) is 14.2 Å². The summed E-state index contributed by atoms with van der Waals surface area (Å²) in [4.78, 5) is 11.4. The van der Waals surface area contributed by atoms with Crippen LogP contribution in [0.2, 0.25) is 0 Å². The second-order valence-electron chi connectivity index (χ2n) is 9.40. The molecule has 4 rings (SSSR count). The highest BCUT2D eigenvalue weighted by Gasteiger charge is 2.20. The van der Waals surface area contributed by atoms with Crippen molar-refractivity contribution in [3.63, 3.8) is 0 Å². The summed E-state index contributed by atoms with van der Waals surface area (Å²) < 4.78 is 18.0. The standard InChI is InChI=1S/C33H32N2O6/c1-22-26(12-7-13-28(22)25-10-4-3-5-11-25)21-40-27-15-31(39-2)29(18-35-30(19-36)33(37)38)32(16-27)41-20-24-9-6-8-23(14-24)17-34/h3-16,30,35-36H,18-21H2,1-2H3,(H,37,38). The molecule has 0 saturated heterocycles. The van der Waals surface area contributed by atoms with E-state index in [1.54, 1.807) is 30.3 Å². The second kappa shape index (κ2) is 14.0. The van der Waals surface area contributed by atoms with Crippen molar-refractivity contribution >= 4 is 5.97 Å². The Morgan fingerprint density at radius 2 is 1.71 bits per heavy atom. The van der Waals surface area contributed by atoms with Crippen LogP contribution in [0.5, 0.6) is 17.2 Å². The SMILES string of the molecule is COc1cc(OCc2cccc(-c3ccccc3)c2C)cc(OCc2cccc(C#N)c2)c1CNC(CO)C(=O)O. The molecule has 3 N–H and O–H groups in total. The van der Waals surface area contributed by atoms with Gasteiger partial charge in [-0.05, 0) is 46.9 Å². The monoisotopic (exact) mass is 552 g/mol. The molecule has 0 aromatic heterocycles. The molecule has 0 amide bonds. The summed E-state index contributed by atoms with van der Waals surface area (Å²) in [6.45, 7) is 2.03. The van der Waals surface area contributed by atoms with Gasteiger partial charge in [0, 0.05) is 18.7 Å². The summed E-state index contributed by atoms with van der Waals surface area (Å²) in [5.74, 6) is 0.196. The van der Waals surface area contributed by atoms with Crippen molar-refractivity contribution in [1.82, 2.24) is 5.32 Å². The number of rotatable bonds is 13. The van der Waals surface area contributed by atoms with Crippen molar-refractivity contribution in [3.8, 4) is 34.4 Å². The van der Waals surface area contributed by atoms with Gasteiger partial charge in [0.1, 0.15) is 36.5 Å². The number of ether oxygens (including phenoxy) is 3. The number of aliphatic hydroxyl groups excluding tert-OH is 1. The first-order chi connectivity index (χ1) is 19.9. The lowest BCUT2D eigenvalue weighted by atomic mass is 9.97. The van der Waals surface area contributed by atoms with Crippen LogP contribution in [0.4, 0.5) is 0 Å². The number of hydrogen-bond acceptors (Lipinski definition) is 7. The van der Waals surface area contributed by atoms with E-state index in [1.165, 1.54) is 7.11 Å². The number of nitrogens with one attached hydrogen (secondary N) is 1. The minimum absolute atomic E-state index is 0.0623. The first-order valence-corrected chi connectivity index (χ1v) is 13.1. The van der Waals surface area contributed by atoms with Crippen LogP contribution in [0.25, 0.3) is 11.1 Å². The van der Waals surface area contributed by atoms with Crippen molar-refractivity contribution in [2.75, 3.05) is 13.7 Å². The van der Waals surface area contributed by atoms with E-state index in [-0.39, 0.29) is 13.2 Å². The minimum atomic E-state index is -1.17. The fraction of sp³-hybridized carbons (Fsp3) is 0.212. The van der Waals surface area contributed by atoms with E-state index >= 15 is 0 Å². The quantitative estimate of drug-likeness (QED) is 0.206. The van der Waals surface area contributed by atoms with E-state index in [2.05, 4.69) is 36.5 Å². The zero-order valence-electron chi connectivity index (χ0n) is 23.0. The van der Waals surface area contributed by atoms with Crippen molar-refractivity contribution in [2.45, 2.75) is 32.7 Å². The topological polar surface area (TPSA) is 121 Å². The van der Waals surface area contributed by atoms with Gasteiger partial charge in [-0.1, -0.05) is 60.7 Å². The average molecular weight is 553 g/mol. The first kappa shape index (κ1) is 29.2. The fourth-order valence-electron chi connectivity index (χ4n) is 4.44. The molecular formula is C33H32N2O6. The van der Waals surface area contributed by atoms with E-state index in [1.807, 2.05) is 36.4 Å². The highest BCUT2D eigenvalue weighted by Crippen LogP contribution is 2.36. The average Bonchev–Trinajstić information content (AvgIpc) is 3.00. The van der Waals surface area contributed by atoms with E-state index in [0.717, 1.165) is 27.8 Å². The lowest BCUT2D eigenvalue weighted by Crippen LogP contribution is -2.39. The minimum Gasteiger partial charge on any atom is -0.496 e. The molecule has 4 aromatic rings. The molecular weight excluding hydrogens is 520 g/mol. The van der Waals surface area contributed by atoms with Gasteiger partial charge in [0.15, 0.2) is 0 Å². The Kier molecular flexibility index (Phi) is 9.94. The number of carboxylic acid groups (broad SMARTS) is 1. The number of benzene rings is 4. The summed E-state index contributed by atoms with van der Waals surface area (Å²) in [5.41, 5.74) is 6.28. The Morgan fingerprint density at radius 3 is 2.41 bits per heavy atom. The number of nitrogens with zero attached hydrogens (tertiary/aromatic N) is 1. The predicted octanol–water partition coefficient (Wildman–Crippen LogP) is 5.24. The Labute approximate surface area is 239 Å². The summed E-state index contributed by atoms with van der Waals surface area (Å²) in [5, 5.41) is 30.9. The number of aliphatic carboxylic acids is 1. The number of carbonyl (C=O) groups is 1. The highest BCUT2D eigenvalue weighted by atomic mass is 16.5. The first-order valence-electron chi connectivity index (χ1n) is 13.1. The molecule has 0 spiro atoms. The Hall–Kier alpha value is -4.84. The van der Waals surface area contributed by atoms with Gasteiger partial charge < -0.3 is 24.4 Å². The fourth-order valence-corrected chi connectivity index (χ4v) is 4.44. The maximum absolute atomic E-state index is 11.4. The summed E-state index contributed by atoms with van der Waals surface area (Å²) in [6, 6.07) is 27.8. The molecule has 0 saturated carbocycles. The normalized spacial score (nSPS) is 11.4. The number of methoxy groups -OCH3 is 1. The van der Waals surface area contributed by atoms with Gasteiger partial charge in [0.05, 0.1) is 30.9 Å². The van der Waals surface area contributed by atoms with Gasteiger partial charge in [0.25, 0.3) is 0 Å². The van der Waals surface area contributed by atoms with Gasteiger partial charge in [-0.25, -0.2) is 0 Å². The zero-order valence-corrected chi connectivity index (χ0v) is 23.0. The van der Waals surface area contributed by atoms with Crippen LogP contribution < -0.4 is 19.5 Å². The lowest BCUT2D eigenvalue weighted by Gasteiger charge is -2.20. The smallest absolute Gasteiger partial charge is 0.323 e. The van der Waals surface area contributed by atoms with Crippen LogP contribution in [0.1, 0.15) is 27.8 Å². The van der Waals surface area contributed by atoms with Crippen molar-refractivity contribution < 1.29 is 29.2 Å². The van der Waals surface area contributed by atoms with Gasteiger partial charge in [-0.2, -0.15) is 5.26 Å².